The van der Waals surface area contributed by atoms with Crippen LogP contribution in [0.15, 0.2) is 54.6 Å². The van der Waals surface area contributed by atoms with Gasteiger partial charge in [0, 0.05) is 81.4 Å². The SMILES string of the molecule is CCOC(=O)c1nc(-c2ccccc2)c(CCCN2CCN(CC(c3ccc(F)cc3)N3CCN(C(C)C)CC3)CC2)s1. The van der Waals surface area contributed by atoms with Crippen LogP contribution in [-0.2, 0) is 11.2 Å². The third-order valence-electron chi connectivity index (χ3n) is 8.74. The molecule has 43 heavy (non-hydrogen) atoms. The maximum atomic E-state index is 13.8. The molecule has 232 valence electrons. The number of ether oxygens (including phenoxy) is 1. The quantitative estimate of drug-likeness (QED) is 0.254. The van der Waals surface area contributed by atoms with Gasteiger partial charge in [-0.3, -0.25) is 14.7 Å². The van der Waals surface area contributed by atoms with Crippen molar-refractivity contribution >= 4 is 17.3 Å². The second-order valence-corrected chi connectivity index (χ2v) is 12.9. The Kier molecular flexibility index (Phi) is 11.3. The summed E-state index contributed by atoms with van der Waals surface area (Å²) in [6, 6.07) is 18.1. The second-order valence-electron chi connectivity index (χ2n) is 11.9. The summed E-state index contributed by atoms with van der Waals surface area (Å²) in [6.45, 7) is 17.1. The van der Waals surface area contributed by atoms with Crippen molar-refractivity contribution in [2.24, 2.45) is 0 Å². The maximum absolute atomic E-state index is 13.8. The number of carbonyl (C=O) groups excluding carboxylic acids is 1. The molecule has 2 aliphatic heterocycles. The average Bonchev–Trinajstić information content (AvgIpc) is 3.46. The molecule has 2 fully saturated rings. The molecule has 7 nitrogen and oxygen atoms in total. The molecule has 3 heterocycles. The molecule has 0 N–H and O–H groups in total. The zero-order valence-corrected chi connectivity index (χ0v) is 26.7. The number of thiazole rings is 1. The number of hydrogen-bond acceptors (Lipinski definition) is 8. The predicted octanol–water partition coefficient (Wildman–Crippen LogP) is 5.44. The lowest BCUT2D eigenvalue weighted by Crippen LogP contribution is -2.53. The normalized spacial score (nSPS) is 18.3. The molecule has 5 rings (SSSR count). The van der Waals surface area contributed by atoms with Crippen LogP contribution in [-0.4, -0.2) is 109 Å². The monoisotopic (exact) mass is 607 g/mol. The van der Waals surface area contributed by atoms with Gasteiger partial charge in [-0.2, -0.15) is 0 Å². The number of esters is 1. The first-order valence-electron chi connectivity index (χ1n) is 15.8. The van der Waals surface area contributed by atoms with Crippen LogP contribution in [0.4, 0.5) is 4.39 Å². The van der Waals surface area contributed by atoms with Crippen LogP contribution < -0.4 is 0 Å². The molecule has 3 aromatic rings. The molecule has 1 unspecified atom stereocenters. The number of aryl methyl sites for hydroxylation is 1. The van der Waals surface area contributed by atoms with Crippen LogP contribution in [0.5, 0.6) is 0 Å². The van der Waals surface area contributed by atoms with Crippen LogP contribution >= 0.6 is 11.3 Å². The highest BCUT2D eigenvalue weighted by atomic mass is 32.1. The van der Waals surface area contributed by atoms with Gasteiger partial charge in [-0.25, -0.2) is 14.2 Å². The average molecular weight is 608 g/mol. The van der Waals surface area contributed by atoms with Gasteiger partial charge in [-0.05, 0) is 57.9 Å². The summed E-state index contributed by atoms with van der Waals surface area (Å²) in [5, 5.41) is 0.436. The highest BCUT2D eigenvalue weighted by Crippen LogP contribution is 2.30. The van der Waals surface area contributed by atoms with Gasteiger partial charge in [0.05, 0.1) is 12.3 Å². The maximum Gasteiger partial charge on any atom is 0.367 e. The molecule has 0 saturated carbocycles. The summed E-state index contributed by atoms with van der Waals surface area (Å²) in [5.74, 6) is -0.514. The lowest BCUT2D eigenvalue weighted by Gasteiger charge is -2.43. The first kappa shape index (κ1) is 31.7. The van der Waals surface area contributed by atoms with E-state index in [9.17, 15) is 9.18 Å². The number of carbonyl (C=O) groups is 1. The number of hydrogen-bond donors (Lipinski definition) is 0. The highest BCUT2D eigenvalue weighted by molar-refractivity contribution is 7.14. The van der Waals surface area contributed by atoms with Crippen LogP contribution in [0.25, 0.3) is 11.3 Å². The summed E-state index contributed by atoms with van der Waals surface area (Å²) in [5.41, 5.74) is 3.15. The first-order chi connectivity index (χ1) is 20.9. The summed E-state index contributed by atoms with van der Waals surface area (Å²) in [7, 11) is 0. The van der Waals surface area contributed by atoms with Crippen molar-refractivity contribution in [2.45, 2.75) is 45.7 Å². The smallest absolute Gasteiger partial charge is 0.367 e. The van der Waals surface area contributed by atoms with Crippen molar-refractivity contribution < 1.29 is 13.9 Å². The number of nitrogens with zero attached hydrogens (tertiary/aromatic N) is 5. The fourth-order valence-corrected chi connectivity index (χ4v) is 7.23. The van der Waals surface area contributed by atoms with E-state index in [0.29, 0.717) is 17.7 Å². The fraction of sp³-hybridized carbons (Fsp3) is 0.529. The van der Waals surface area contributed by atoms with E-state index in [1.54, 1.807) is 12.1 Å². The lowest BCUT2D eigenvalue weighted by molar-refractivity contribution is 0.0481. The minimum atomic E-state index is -0.340. The molecule has 1 atom stereocenters. The zero-order chi connectivity index (χ0) is 30.2. The lowest BCUT2D eigenvalue weighted by atomic mass is 10.0. The minimum absolute atomic E-state index is 0.174. The molecule has 1 aromatic heterocycles. The van der Waals surface area contributed by atoms with E-state index < -0.39 is 0 Å². The van der Waals surface area contributed by atoms with Gasteiger partial charge in [0.25, 0.3) is 0 Å². The number of rotatable bonds is 12. The van der Waals surface area contributed by atoms with Gasteiger partial charge >= 0.3 is 5.97 Å². The molecular formula is C34H46FN5O2S. The Labute approximate surface area is 260 Å². The topological polar surface area (TPSA) is 52.2 Å². The molecular weight excluding hydrogens is 561 g/mol. The second kappa shape index (κ2) is 15.3. The van der Waals surface area contributed by atoms with Crippen LogP contribution in [0.3, 0.4) is 0 Å². The Morgan fingerprint density at radius 1 is 0.907 bits per heavy atom. The molecule has 0 amide bonds. The van der Waals surface area contributed by atoms with Crippen molar-refractivity contribution in [3.05, 3.63) is 75.9 Å². The molecule has 2 aromatic carbocycles. The Morgan fingerprint density at radius 2 is 1.56 bits per heavy atom. The Morgan fingerprint density at radius 3 is 2.21 bits per heavy atom. The van der Waals surface area contributed by atoms with E-state index in [4.69, 9.17) is 4.74 Å². The fourth-order valence-electron chi connectivity index (χ4n) is 6.21. The van der Waals surface area contributed by atoms with Crippen molar-refractivity contribution in [3.8, 4) is 11.3 Å². The van der Waals surface area contributed by atoms with E-state index in [0.717, 1.165) is 94.4 Å². The molecule has 9 heteroatoms. The van der Waals surface area contributed by atoms with E-state index in [1.807, 2.05) is 37.3 Å². The largest absolute Gasteiger partial charge is 0.461 e. The third-order valence-corrected chi connectivity index (χ3v) is 9.84. The van der Waals surface area contributed by atoms with E-state index >= 15 is 0 Å². The molecule has 2 saturated heterocycles. The van der Waals surface area contributed by atoms with E-state index in [2.05, 4.69) is 50.6 Å². The van der Waals surface area contributed by atoms with Gasteiger partial charge in [-0.15, -0.1) is 11.3 Å². The number of halogens is 1. The van der Waals surface area contributed by atoms with Crippen LogP contribution in [0.1, 0.15) is 53.5 Å². The van der Waals surface area contributed by atoms with E-state index in [1.165, 1.54) is 16.9 Å². The molecule has 0 aliphatic carbocycles. The Hall–Kier alpha value is -2.69. The summed E-state index contributed by atoms with van der Waals surface area (Å²) in [6.07, 6.45) is 1.90. The number of benzene rings is 2. The molecule has 0 bridgehead atoms. The zero-order valence-electron chi connectivity index (χ0n) is 25.9. The molecule has 2 aliphatic rings. The van der Waals surface area contributed by atoms with Crippen molar-refractivity contribution in [1.29, 1.82) is 0 Å². The number of piperazine rings is 2. The van der Waals surface area contributed by atoms with Crippen molar-refractivity contribution in [2.75, 3.05) is 72.1 Å². The summed E-state index contributed by atoms with van der Waals surface area (Å²) in [4.78, 5) is 28.5. The van der Waals surface area contributed by atoms with Gasteiger partial charge in [0.2, 0.25) is 5.01 Å². The van der Waals surface area contributed by atoms with Gasteiger partial charge in [0.15, 0.2) is 0 Å². The van der Waals surface area contributed by atoms with Crippen molar-refractivity contribution in [1.82, 2.24) is 24.6 Å². The summed E-state index contributed by atoms with van der Waals surface area (Å²) >= 11 is 1.47. The minimum Gasteiger partial charge on any atom is -0.461 e. The molecule has 0 spiro atoms. The third kappa shape index (κ3) is 8.48. The van der Waals surface area contributed by atoms with E-state index in [-0.39, 0.29) is 17.8 Å². The van der Waals surface area contributed by atoms with Gasteiger partial charge in [-0.1, -0.05) is 42.5 Å². The highest BCUT2D eigenvalue weighted by Gasteiger charge is 2.29. The van der Waals surface area contributed by atoms with Crippen LogP contribution in [0.2, 0.25) is 0 Å². The standard InChI is InChI=1S/C34H46FN5O2S/c1-4-42-34(41)33-36-32(28-9-6-5-7-10-28)31(43-33)11-8-16-37-17-19-38(20-18-37)25-30(27-12-14-29(35)15-13-27)40-23-21-39(22-24-40)26(2)3/h5-7,9-10,12-15,26,30H,4,8,11,16-25H2,1-3H3. The van der Waals surface area contributed by atoms with Gasteiger partial charge < -0.3 is 9.64 Å². The van der Waals surface area contributed by atoms with Gasteiger partial charge in [0.1, 0.15) is 5.82 Å². The Bertz CT molecular complexity index is 1290. The number of aromatic nitrogens is 1. The molecule has 0 radical (unpaired) electrons. The van der Waals surface area contributed by atoms with Crippen LogP contribution in [0, 0.1) is 5.82 Å². The predicted molar refractivity (Wildman–Crippen MR) is 172 cm³/mol. The summed E-state index contributed by atoms with van der Waals surface area (Å²) < 4.78 is 19.0. The first-order valence-corrected chi connectivity index (χ1v) is 16.6. The Balaban J connectivity index is 1.15. The van der Waals surface area contributed by atoms with Crippen molar-refractivity contribution in [3.63, 3.8) is 0 Å².